The second-order valence-electron chi connectivity index (χ2n) is 6.00. The molecule has 0 atom stereocenters. The Morgan fingerprint density at radius 2 is 1.69 bits per heavy atom. The minimum atomic E-state index is -0.628. The number of rotatable bonds is 3. The van der Waals surface area contributed by atoms with Crippen molar-refractivity contribution in [3.8, 4) is 5.75 Å². The number of carbonyl (C=O) groups is 2. The zero-order valence-electron chi connectivity index (χ0n) is 14.7. The zero-order chi connectivity index (χ0) is 18.8. The van der Waals surface area contributed by atoms with E-state index in [1.54, 1.807) is 43.4 Å². The number of ether oxygens (including phenoxy) is 1. The molecule has 0 aliphatic rings. The van der Waals surface area contributed by atoms with Crippen LogP contribution in [0.3, 0.4) is 0 Å². The van der Waals surface area contributed by atoms with Crippen molar-refractivity contribution in [2.24, 2.45) is 7.05 Å². The largest absolute Gasteiger partial charge is 0.425 e. The summed E-state index contributed by atoms with van der Waals surface area (Å²) < 4.78 is 6.63. The number of nitrogens with one attached hydrogen (secondary N) is 1. The molecule has 3 rings (SSSR count). The molecule has 26 heavy (non-hydrogen) atoms. The van der Waals surface area contributed by atoms with E-state index in [0.29, 0.717) is 16.6 Å². The van der Waals surface area contributed by atoms with Gasteiger partial charge in [-0.1, -0.05) is 29.8 Å². The molecule has 0 saturated carbocycles. The van der Waals surface area contributed by atoms with Crippen LogP contribution < -0.4 is 15.6 Å². The lowest BCUT2D eigenvalue weighted by molar-refractivity contribution is -0.131. The molecule has 1 aromatic heterocycles. The molecule has 0 fully saturated rings. The summed E-state index contributed by atoms with van der Waals surface area (Å²) in [6, 6.07) is 14.1. The van der Waals surface area contributed by atoms with Crippen LogP contribution in [0.1, 0.15) is 22.8 Å². The molecule has 0 unspecified atom stereocenters. The molecule has 0 aliphatic carbocycles. The van der Waals surface area contributed by atoms with Crippen LogP contribution in [0.5, 0.6) is 5.75 Å². The van der Waals surface area contributed by atoms with Crippen molar-refractivity contribution in [1.29, 1.82) is 0 Å². The van der Waals surface area contributed by atoms with Crippen molar-refractivity contribution >= 4 is 28.5 Å². The summed E-state index contributed by atoms with van der Waals surface area (Å²) in [5.74, 6) is -1.26. The van der Waals surface area contributed by atoms with Crippen LogP contribution in [0.2, 0.25) is 0 Å². The summed E-state index contributed by atoms with van der Waals surface area (Å²) in [5.41, 5.74) is 1.42. The highest BCUT2D eigenvalue weighted by Gasteiger charge is 2.24. The van der Waals surface area contributed by atoms with E-state index in [2.05, 4.69) is 5.32 Å². The van der Waals surface area contributed by atoms with Gasteiger partial charge in [-0.2, -0.15) is 0 Å². The summed E-state index contributed by atoms with van der Waals surface area (Å²) in [7, 11) is 1.57. The molecule has 0 aliphatic heterocycles. The monoisotopic (exact) mass is 350 g/mol. The Bertz CT molecular complexity index is 1070. The van der Waals surface area contributed by atoms with Gasteiger partial charge in [-0.3, -0.25) is 14.4 Å². The summed E-state index contributed by atoms with van der Waals surface area (Å²) in [4.78, 5) is 37.1. The minimum absolute atomic E-state index is 0.0270. The molecule has 0 spiro atoms. The number of nitrogens with zero attached hydrogens (tertiary/aromatic N) is 1. The fourth-order valence-corrected chi connectivity index (χ4v) is 2.75. The van der Waals surface area contributed by atoms with E-state index >= 15 is 0 Å². The van der Waals surface area contributed by atoms with Crippen LogP contribution in [0.15, 0.2) is 53.3 Å². The number of carbonyl (C=O) groups excluding carboxylic acids is 2. The number of esters is 1. The lowest BCUT2D eigenvalue weighted by atomic mass is 10.1. The predicted octanol–water partition coefficient (Wildman–Crippen LogP) is 3.02. The maximum Gasteiger partial charge on any atom is 0.308 e. The van der Waals surface area contributed by atoms with Gasteiger partial charge in [0.15, 0.2) is 5.75 Å². The average molecular weight is 350 g/mol. The van der Waals surface area contributed by atoms with Gasteiger partial charge < -0.3 is 14.6 Å². The van der Waals surface area contributed by atoms with Gasteiger partial charge in [0.2, 0.25) is 0 Å². The normalized spacial score (nSPS) is 10.6. The molecular weight excluding hydrogens is 332 g/mol. The smallest absolute Gasteiger partial charge is 0.308 e. The number of pyridine rings is 1. The Kier molecular flexibility index (Phi) is 4.58. The van der Waals surface area contributed by atoms with Gasteiger partial charge in [0.25, 0.3) is 11.5 Å². The van der Waals surface area contributed by atoms with Crippen molar-refractivity contribution in [3.63, 3.8) is 0 Å². The molecule has 1 amide bonds. The van der Waals surface area contributed by atoms with Crippen LogP contribution in [0.25, 0.3) is 10.9 Å². The Labute approximate surface area is 150 Å². The number of aryl methyl sites for hydroxylation is 2. The van der Waals surface area contributed by atoms with E-state index < -0.39 is 17.4 Å². The number of anilines is 1. The maximum atomic E-state index is 12.8. The molecule has 132 valence electrons. The van der Waals surface area contributed by atoms with Crippen molar-refractivity contribution in [2.75, 3.05) is 5.32 Å². The van der Waals surface area contributed by atoms with Crippen LogP contribution in [-0.2, 0) is 11.8 Å². The Hall–Kier alpha value is -3.41. The predicted molar refractivity (Wildman–Crippen MR) is 99.6 cm³/mol. The van der Waals surface area contributed by atoms with Crippen molar-refractivity contribution in [2.45, 2.75) is 13.8 Å². The van der Waals surface area contributed by atoms with E-state index in [4.69, 9.17) is 4.74 Å². The van der Waals surface area contributed by atoms with Gasteiger partial charge in [0.1, 0.15) is 5.56 Å². The van der Waals surface area contributed by atoms with Gasteiger partial charge >= 0.3 is 5.97 Å². The molecule has 1 N–H and O–H groups in total. The molecule has 3 aromatic rings. The quantitative estimate of drug-likeness (QED) is 0.737. The zero-order valence-corrected chi connectivity index (χ0v) is 14.7. The SMILES string of the molecule is CC(=O)Oc1c(C(=O)Nc2ccc(C)cc2)c(=O)n(C)c2ccccc12. The third-order valence-electron chi connectivity index (χ3n) is 4.04. The van der Waals surface area contributed by atoms with Crippen LogP contribution in [0, 0.1) is 6.92 Å². The van der Waals surface area contributed by atoms with E-state index in [0.717, 1.165) is 5.56 Å². The standard InChI is InChI=1S/C20H18N2O4/c1-12-8-10-14(11-9-12)21-19(24)17-18(26-13(2)23)15-6-4-5-7-16(15)22(3)20(17)25/h4-11H,1-3H3,(H,21,24). The van der Waals surface area contributed by atoms with Crippen molar-refractivity contribution < 1.29 is 14.3 Å². The number of aromatic nitrogens is 1. The van der Waals surface area contributed by atoms with Gasteiger partial charge in [-0.15, -0.1) is 0 Å². The van der Waals surface area contributed by atoms with Crippen LogP contribution in [-0.4, -0.2) is 16.4 Å². The van der Waals surface area contributed by atoms with Gasteiger partial charge in [0.05, 0.1) is 5.52 Å². The van der Waals surface area contributed by atoms with E-state index in [1.807, 2.05) is 19.1 Å². The van der Waals surface area contributed by atoms with Crippen LogP contribution in [0.4, 0.5) is 5.69 Å². The van der Waals surface area contributed by atoms with E-state index in [9.17, 15) is 14.4 Å². The molecule has 6 nitrogen and oxygen atoms in total. The van der Waals surface area contributed by atoms with Crippen LogP contribution >= 0.6 is 0 Å². The maximum absolute atomic E-state index is 12.8. The molecular formula is C20H18N2O4. The first kappa shape index (κ1) is 17.4. The number of benzene rings is 2. The first-order valence-corrected chi connectivity index (χ1v) is 8.06. The average Bonchev–Trinajstić information content (AvgIpc) is 2.61. The topological polar surface area (TPSA) is 77.4 Å². The highest BCUT2D eigenvalue weighted by Crippen LogP contribution is 2.28. The fourth-order valence-electron chi connectivity index (χ4n) is 2.75. The summed E-state index contributed by atoms with van der Waals surface area (Å²) >= 11 is 0. The summed E-state index contributed by atoms with van der Waals surface area (Å²) in [6.45, 7) is 3.16. The first-order chi connectivity index (χ1) is 12.4. The molecule has 0 radical (unpaired) electrons. The molecule has 0 saturated heterocycles. The van der Waals surface area contributed by atoms with E-state index in [1.165, 1.54) is 11.5 Å². The number of hydrogen-bond acceptors (Lipinski definition) is 4. The van der Waals surface area contributed by atoms with E-state index in [-0.39, 0.29) is 11.3 Å². The second kappa shape index (κ2) is 6.84. The van der Waals surface area contributed by atoms with Gasteiger partial charge in [-0.25, -0.2) is 0 Å². The highest BCUT2D eigenvalue weighted by molar-refractivity contribution is 6.09. The lowest BCUT2D eigenvalue weighted by Crippen LogP contribution is -2.29. The molecule has 6 heteroatoms. The second-order valence-corrected chi connectivity index (χ2v) is 6.00. The molecule has 0 bridgehead atoms. The van der Waals surface area contributed by atoms with Gasteiger partial charge in [0, 0.05) is 25.0 Å². The third kappa shape index (κ3) is 3.21. The number of fused-ring (bicyclic) bond motifs is 1. The molecule has 1 heterocycles. The fraction of sp³-hybridized carbons (Fsp3) is 0.150. The molecule has 2 aromatic carbocycles. The number of amides is 1. The Morgan fingerprint density at radius 3 is 2.35 bits per heavy atom. The van der Waals surface area contributed by atoms with Gasteiger partial charge in [-0.05, 0) is 31.2 Å². The Morgan fingerprint density at radius 1 is 1.04 bits per heavy atom. The lowest BCUT2D eigenvalue weighted by Gasteiger charge is -2.15. The van der Waals surface area contributed by atoms with Crippen molar-refractivity contribution in [1.82, 2.24) is 4.57 Å². The summed E-state index contributed by atoms with van der Waals surface area (Å²) in [5, 5.41) is 3.20. The number of hydrogen-bond donors (Lipinski definition) is 1. The minimum Gasteiger partial charge on any atom is -0.425 e. The van der Waals surface area contributed by atoms with Crippen molar-refractivity contribution in [3.05, 3.63) is 70.0 Å². The number of para-hydroxylation sites is 1. The highest BCUT2D eigenvalue weighted by atomic mass is 16.5. The third-order valence-corrected chi connectivity index (χ3v) is 4.04. The Balaban J connectivity index is 2.18. The summed E-state index contributed by atoms with van der Waals surface area (Å²) in [6.07, 6.45) is 0. The first-order valence-electron chi connectivity index (χ1n) is 8.06.